The standard InChI is InChI=1S/C12H13ClN2O2S/c13-10-4-3-9(7-14)12(6-10)15-11-2-1-5-18(16,17)8-11/h3-4,6,11,15H,1-2,5,8H2/t11-/m0/s1. The predicted molar refractivity (Wildman–Crippen MR) is 71.5 cm³/mol. The summed E-state index contributed by atoms with van der Waals surface area (Å²) in [7, 11) is -2.96. The molecule has 1 atom stereocenters. The van der Waals surface area contributed by atoms with Crippen LogP contribution in [0.1, 0.15) is 18.4 Å². The summed E-state index contributed by atoms with van der Waals surface area (Å²) in [5.74, 6) is 0.371. The number of benzene rings is 1. The van der Waals surface area contributed by atoms with Crippen LogP contribution in [-0.4, -0.2) is 26.0 Å². The molecule has 1 aliphatic heterocycles. The third kappa shape index (κ3) is 3.15. The van der Waals surface area contributed by atoms with Crippen LogP contribution < -0.4 is 5.32 Å². The van der Waals surface area contributed by atoms with Crippen molar-refractivity contribution in [1.82, 2.24) is 0 Å². The minimum atomic E-state index is -2.96. The van der Waals surface area contributed by atoms with Crippen molar-refractivity contribution in [2.24, 2.45) is 0 Å². The predicted octanol–water partition coefficient (Wildman–Crippen LogP) is 2.20. The Labute approximate surface area is 111 Å². The van der Waals surface area contributed by atoms with Gasteiger partial charge in [0, 0.05) is 11.1 Å². The first-order valence-corrected chi connectivity index (χ1v) is 7.87. The molecule has 0 aliphatic carbocycles. The van der Waals surface area contributed by atoms with Gasteiger partial charge in [0.05, 0.1) is 22.8 Å². The molecule has 1 aliphatic rings. The fourth-order valence-electron chi connectivity index (χ4n) is 2.09. The molecule has 18 heavy (non-hydrogen) atoms. The molecule has 0 saturated carbocycles. The first-order valence-electron chi connectivity index (χ1n) is 5.67. The third-order valence-electron chi connectivity index (χ3n) is 2.92. The van der Waals surface area contributed by atoms with E-state index in [1.54, 1.807) is 18.2 Å². The largest absolute Gasteiger partial charge is 0.380 e. The number of anilines is 1. The van der Waals surface area contributed by atoms with Gasteiger partial charge in [0.2, 0.25) is 0 Å². The number of rotatable bonds is 2. The highest BCUT2D eigenvalue weighted by molar-refractivity contribution is 7.91. The Balaban J connectivity index is 2.19. The van der Waals surface area contributed by atoms with Crippen molar-refractivity contribution in [3.8, 4) is 6.07 Å². The van der Waals surface area contributed by atoms with E-state index in [1.165, 1.54) is 0 Å². The average Bonchev–Trinajstić information content (AvgIpc) is 2.28. The van der Waals surface area contributed by atoms with Crippen LogP contribution in [0.5, 0.6) is 0 Å². The zero-order valence-electron chi connectivity index (χ0n) is 9.69. The van der Waals surface area contributed by atoms with Gasteiger partial charge < -0.3 is 5.32 Å². The van der Waals surface area contributed by atoms with Crippen molar-refractivity contribution in [3.63, 3.8) is 0 Å². The normalized spacial score (nSPS) is 22.1. The number of hydrogen-bond donors (Lipinski definition) is 1. The van der Waals surface area contributed by atoms with Gasteiger partial charge >= 0.3 is 0 Å². The van der Waals surface area contributed by atoms with Gasteiger partial charge in [-0.05, 0) is 31.0 Å². The van der Waals surface area contributed by atoms with Crippen molar-refractivity contribution < 1.29 is 8.42 Å². The van der Waals surface area contributed by atoms with E-state index in [4.69, 9.17) is 16.9 Å². The lowest BCUT2D eigenvalue weighted by molar-refractivity contribution is 0.562. The monoisotopic (exact) mass is 284 g/mol. The number of nitrogens with one attached hydrogen (secondary N) is 1. The van der Waals surface area contributed by atoms with Crippen LogP contribution >= 0.6 is 11.6 Å². The second kappa shape index (κ2) is 5.17. The summed E-state index contributed by atoms with van der Waals surface area (Å²) in [6.45, 7) is 0. The van der Waals surface area contributed by atoms with E-state index in [0.717, 1.165) is 6.42 Å². The van der Waals surface area contributed by atoms with Crippen molar-refractivity contribution in [2.75, 3.05) is 16.8 Å². The fraction of sp³-hybridized carbons (Fsp3) is 0.417. The van der Waals surface area contributed by atoms with Gasteiger partial charge in [0.15, 0.2) is 9.84 Å². The summed E-state index contributed by atoms with van der Waals surface area (Å²) < 4.78 is 23.1. The van der Waals surface area contributed by atoms with E-state index in [9.17, 15) is 8.42 Å². The summed E-state index contributed by atoms with van der Waals surface area (Å²) in [6.07, 6.45) is 1.44. The molecule has 4 nitrogen and oxygen atoms in total. The van der Waals surface area contributed by atoms with Crippen LogP contribution in [0.15, 0.2) is 18.2 Å². The highest BCUT2D eigenvalue weighted by atomic mass is 35.5. The maximum Gasteiger partial charge on any atom is 0.152 e. The summed E-state index contributed by atoms with van der Waals surface area (Å²) in [6, 6.07) is 6.84. The maximum atomic E-state index is 11.5. The molecule has 1 aromatic rings. The lowest BCUT2D eigenvalue weighted by Crippen LogP contribution is -2.35. The van der Waals surface area contributed by atoms with Crippen molar-refractivity contribution in [3.05, 3.63) is 28.8 Å². The Morgan fingerprint density at radius 1 is 1.44 bits per heavy atom. The van der Waals surface area contributed by atoms with Gasteiger partial charge in [0.1, 0.15) is 6.07 Å². The molecule has 0 spiro atoms. The number of halogens is 1. The molecule has 6 heteroatoms. The van der Waals surface area contributed by atoms with Crippen LogP contribution in [-0.2, 0) is 9.84 Å². The highest BCUT2D eigenvalue weighted by Crippen LogP contribution is 2.23. The topological polar surface area (TPSA) is 70.0 Å². The molecule has 1 heterocycles. The molecule has 0 aromatic heterocycles. The summed E-state index contributed by atoms with van der Waals surface area (Å²) in [5.41, 5.74) is 1.08. The molecule has 0 radical (unpaired) electrons. The molecule has 96 valence electrons. The zero-order chi connectivity index (χ0) is 13.2. The van der Waals surface area contributed by atoms with E-state index in [-0.39, 0.29) is 17.5 Å². The Bertz CT molecular complexity index is 593. The maximum absolute atomic E-state index is 11.5. The van der Waals surface area contributed by atoms with E-state index in [0.29, 0.717) is 22.7 Å². The molecule has 0 amide bonds. The number of nitriles is 1. The molecule has 2 rings (SSSR count). The number of nitrogens with zero attached hydrogens (tertiary/aromatic N) is 1. The summed E-state index contributed by atoms with van der Waals surface area (Å²) in [4.78, 5) is 0. The molecule has 0 bridgehead atoms. The molecular formula is C12H13ClN2O2S. The van der Waals surface area contributed by atoms with Crippen LogP contribution in [0.2, 0.25) is 5.02 Å². The van der Waals surface area contributed by atoms with Crippen LogP contribution in [0.4, 0.5) is 5.69 Å². The molecule has 1 aromatic carbocycles. The molecule has 1 fully saturated rings. The SMILES string of the molecule is N#Cc1ccc(Cl)cc1N[C@H]1CCCS(=O)(=O)C1. The highest BCUT2D eigenvalue weighted by Gasteiger charge is 2.25. The molecule has 0 unspecified atom stereocenters. The van der Waals surface area contributed by atoms with Gasteiger partial charge in [0.25, 0.3) is 0 Å². The van der Waals surface area contributed by atoms with Crippen LogP contribution in [0.25, 0.3) is 0 Å². The van der Waals surface area contributed by atoms with E-state index < -0.39 is 9.84 Å². The first-order chi connectivity index (χ1) is 8.50. The second-order valence-corrected chi connectivity index (χ2v) is 7.06. The fourth-order valence-corrected chi connectivity index (χ4v) is 3.90. The third-order valence-corrected chi connectivity index (χ3v) is 4.98. The van der Waals surface area contributed by atoms with E-state index >= 15 is 0 Å². The van der Waals surface area contributed by atoms with Gasteiger partial charge in [-0.2, -0.15) is 5.26 Å². The Morgan fingerprint density at radius 2 is 2.22 bits per heavy atom. The summed E-state index contributed by atoms with van der Waals surface area (Å²) >= 11 is 5.88. The van der Waals surface area contributed by atoms with Crippen molar-refractivity contribution in [1.29, 1.82) is 5.26 Å². The molecular weight excluding hydrogens is 272 g/mol. The quantitative estimate of drug-likeness (QED) is 0.904. The molecule has 1 N–H and O–H groups in total. The minimum Gasteiger partial charge on any atom is -0.380 e. The average molecular weight is 285 g/mol. The Hall–Kier alpha value is -1.25. The Morgan fingerprint density at radius 3 is 2.89 bits per heavy atom. The van der Waals surface area contributed by atoms with Crippen LogP contribution in [0, 0.1) is 11.3 Å². The smallest absolute Gasteiger partial charge is 0.152 e. The first kappa shape index (κ1) is 13.2. The van der Waals surface area contributed by atoms with Gasteiger partial charge in [-0.25, -0.2) is 8.42 Å². The van der Waals surface area contributed by atoms with Gasteiger partial charge in [-0.3, -0.25) is 0 Å². The van der Waals surface area contributed by atoms with Crippen LogP contribution in [0.3, 0.4) is 0 Å². The van der Waals surface area contributed by atoms with E-state index in [1.807, 2.05) is 0 Å². The van der Waals surface area contributed by atoms with Gasteiger partial charge in [-0.15, -0.1) is 0 Å². The summed E-state index contributed by atoms with van der Waals surface area (Å²) in [5, 5.41) is 12.6. The lowest BCUT2D eigenvalue weighted by atomic mass is 10.1. The number of sulfone groups is 1. The zero-order valence-corrected chi connectivity index (χ0v) is 11.3. The Kier molecular flexibility index (Phi) is 3.79. The molecule has 1 saturated heterocycles. The minimum absolute atomic E-state index is 0.115. The number of hydrogen-bond acceptors (Lipinski definition) is 4. The van der Waals surface area contributed by atoms with Crippen molar-refractivity contribution in [2.45, 2.75) is 18.9 Å². The lowest BCUT2D eigenvalue weighted by Gasteiger charge is -2.24. The van der Waals surface area contributed by atoms with Crippen molar-refractivity contribution >= 4 is 27.1 Å². The second-order valence-electron chi connectivity index (χ2n) is 4.40. The van der Waals surface area contributed by atoms with Gasteiger partial charge in [-0.1, -0.05) is 11.6 Å². The van der Waals surface area contributed by atoms with E-state index in [2.05, 4.69) is 11.4 Å².